The van der Waals surface area contributed by atoms with Crippen LogP contribution in [-0.2, 0) is 22.7 Å². The summed E-state index contributed by atoms with van der Waals surface area (Å²) in [6, 6.07) is 27.5. The molecule has 2 amide bonds. The highest BCUT2D eigenvalue weighted by molar-refractivity contribution is 5.97. The van der Waals surface area contributed by atoms with E-state index < -0.39 is 12.1 Å². The molecule has 7 heteroatoms. The first kappa shape index (κ1) is 31.1. The van der Waals surface area contributed by atoms with E-state index in [-0.39, 0.29) is 30.1 Å². The van der Waals surface area contributed by atoms with Gasteiger partial charge in [-0.05, 0) is 79.6 Å². The Kier molecular flexibility index (Phi) is 10.8. The Morgan fingerprint density at radius 2 is 1.30 bits per heavy atom. The molecule has 3 aromatic carbocycles. The van der Waals surface area contributed by atoms with Crippen molar-refractivity contribution >= 4 is 24.2 Å². The molecule has 0 radical (unpaired) electrons. The van der Waals surface area contributed by atoms with Crippen LogP contribution in [0.2, 0.25) is 0 Å². The van der Waals surface area contributed by atoms with Crippen molar-refractivity contribution < 1.29 is 14.3 Å². The molecule has 43 heavy (non-hydrogen) atoms. The van der Waals surface area contributed by atoms with E-state index in [1.165, 1.54) is 37.7 Å². The average Bonchev–Trinajstić information content (AvgIpc) is 3.03. The highest BCUT2D eigenvalue weighted by Crippen LogP contribution is 2.33. The second-order valence-electron chi connectivity index (χ2n) is 12.4. The van der Waals surface area contributed by atoms with Crippen LogP contribution in [0, 0.1) is 11.8 Å². The van der Waals surface area contributed by atoms with Gasteiger partial charge >= 0.3 is 0 Å². The molecule has 2 aliphatic heterocycles. The van der Waals surface area contributed by atoms with Gasteiger partial charge in [-0.1, -0.05) is 92.8 Å². The van der Waals surface area contributed by atoms with E-state index in [2.05, 4.69) is 34.5 Å². The number of nitrogens with zero attached hydrogens (tertiary/aromatic N) is 2. The van der Waals surface area contributed by atoms with E-state index in [9.17, 15) is 9.59 Å². The summed E-state index contributed by atoms with van der Waals surface area (Å²) in [4.78, 5) is 32.0. The molecule has 0 bridgehead atoms. The van der Waals surface area contributed by atoms with Crippen LogP contribution in [0.25, 0.3) is 0 Å². The van der Waals surface area contributed by atoms with Crippen molar-refractivity contribution in [3.63, 3.8) is 0 Å². The van der Waals surface area contributed by atoms with Gasteiger partial charge in [-0.2, -0.15) is 0 Å². The summed E-state index contributed by atoms with van der Waals surface area (Å²) >= 11 is 0. The molecule has 0 aromatic heterocycles. The number of carbonyl (C=O) groups excluding carboxylic acids is 2. The van der Waals surface area contributed by atoms with Gasteiger partial charge in [0.15, 0.2) is 0 Å². The lowest BCUT2D eigenvalue weighted by molar-refractivity contribution is -0.154. The number of para-hydroxylation sites is 1. The second kappa shape index (κ2) is 14.9. The van der Waals surface area contributed by atoms with Gasteiger partial charge in [0.05, 0.1) is 0 Å². The molecule has 1 N–H and O–H groups in total. The summed E-state index contributed by atoms with van der Waals surface area (Å²) in [7, 11) is 0. The van der Waals surface area contributed by atoms with Crippen LogP contribution in [0.15, 0.2) is 84.9 Å². The van der Waals surface area contributed by atoms with Gasteiger partial charge in [-0.3, -0.25) is 14.5 Å². The van der Waals surface area contributed by atoms with E-state index in [0.29, 0.717) is 12.5 Å². The van der Waals surface area contributed by atoms with Crippen LogP contribution in [-0.4, -0.2) is 46.8 Å². The summed E-state index contributed by atoms with van der Waals surface area (Å²) in [5.74, 6) is 2.50. The average molecular weight is 602 g/mol. The number of ether oxygens (including phenoxy) is 1. The Hall–Kier alpha value is -3.35. The maximum Gasteiger partial charge on any atom is 0.246 e. The number of hydrogen-bond donors (Lipinski definition) is 1. The number of hydrogen-bond acceptors (Lipinski definition) is 4. The molecule has 1 aliphatic carbocycles. The fourth-order valence-electron chi connectivity index (χ4n) is 7.11. The van der Waals surface area contributed by atoms with E-state index in [4.69, 9.17) is 4.74 Å². The van der Waals surface area contributed by atoms with Gasteiger partial charge < -0.3 is 15.0 Å². The van der Waals surface area contributed by atoms with E-state index in [1.807, 2.05) is 65.6 Å². The third kappa shape index (κ3) is 7.98. The summed E-state index contributed by atoms with van der Waals surface area (Å²) in [6.45, 7) is 3.19. The molecule has 2 heterocycles. The fourth-order valence-corrected chi connectivity index (χ4v) is 7.11. The number of likely N-dealkylation sites (tertiary alicyclic amines) is 1. The van der Waals surface area contributed by atoms with Gasteiger partial charge in [0.1, 0.15) is 23.6 Å². The van der Waals surface area contributed by atoms with E-state index >= 15 is 0 Å². The normalized spacial score (nSPS) is 22.1. The van der Waals surface area contributed by atoms with E-state index in [0.717, 1.165) is 56.0 Å². The predicted molar refractivity (Wildman–Crippen MR) is 172 cm³/mol. The molecular weight excluding hydrogens is 558 g/mol. The number of nitrogens with one attached hydrogen (secondary N) is 1. The van der Waals surface area contributed by atoms with Crippen LogP contribution in [0.1, 0.15) is 62.5 Å². The monoisotopic (exact) mass is 601 g/mol. The molecule has 1 unspecified atom stereocenters. The molecule has 1 saturated carbocycles. The minimum absolute atomic E-state index is 0. The molecule has 228 valence electrons. The van der Waals surface area contributed by atoms with E-state index in [1.54, 1.807) is 0 Å². The number of halogens is 1. The van der Waals surface area contributed by atoms with Crippen LogP contribution in [0.4, 0.5) is 0 Å². The van der Waals surface area contributed by atoms with Gasteiger partial charge in [-0.15, -0.1) is 12.4 Å². The standard InChI is InChI=1S/C36H43N3O3.ClH/c40-35-34(39(26-28-12-6-2-7-13-28)36(41)33(37-35)24-27-10-4-1-5-11-27)30-20-22-38(23-21-30)25-29-16-18-32(19-17-29)42-31-14-8-3-9-15-31;/h2-3,6-9,12-19,27,30,33-34H,1,4-5,10-11,20-26H2,(H,37,40);1H/t33-,34?;/m0./s1. The van der Waals surface area contributed by atoms with Gasteiger partial charge in [0.25, 0.3) is 0 Å². The first-order chi connectivity index (χ1) is 20.6. The summed E-state index contributed by atoms with van der Waals surface area (Å²) in [6.07, 6.45) is 8.68. The van der Waals surface area contributed by atoms with Crippen LogP contribution < -0.4 is 10.1 Å². The molecule has 6 rings (SSSR count). The molecular formula is C36H44ClN3O3. The minimum Gasteiger partial charge on any atom is -0.457 e. The van der Waals surface area contributed by atoms with Crippen molar-refractivity contribution in [2.45, 2.75) is 76.5 Å². The highest BCUT2D eigenvalue weighted by Gasteiger charge is 2.45. The van der Waals surface area contributed by atoms with Crippen molar-refractivity contribution in [1.82, 2.24) is 15.1 Å². The van der Waals surface area contributed by atoms with Gasteiger partial charge in [0, 0.05) is 13.1 Å². The first-order valence-corrected chi connectivity index (χ1v) is 15.8. The number of carbonyl (C=O) groups is 2. The Balaban J connectivity index is 0.00000368. The number of rotatable bonds is 9. The summed E-state index contributed by atoms with van der Waals surface area (Å²) in [5, 5.41) is 3.19. The zero-order valence-corrected chi connectivity index (χ0v) is 25.7. The smallest absolute Gasteiger partial charge is 0.246 e. The largest absolute Gasteiger partial charge is 0.457 e. The third-order valence-electron chi connectivity index (χ3n) is 9.38. The predicted octanol–water partition coefficient (Wildman–Crippen LogP) is 6.98. The third-order valence-corrected chi connectivity index (χ3v) is 9.38. The zero-order valence-electron chi connectivity index (χ0n) is 24.9. The Morgan fingerprint density at radius 3 is 1.98 bits per heavy atom. The second-order valence-corrected chi connectivity index (χ2v) is 12.4. The quantitative estimate of drug-likeness (QED) is 0.287. The first-order valence-electron chi connectivity index (χ1n) is 15.8. The number of piperidine rings is 1. The minimum atomic E-state index is -0.406. The van der Waals surface area contributed by atoms with Gasteiger partial charge in [0.2, 0.25) is 11.8 Å². The summed E-state index contributed by atoms with van der Waals surface area (Å²) < 4.78 is 5.94. The topological polar surface area (TPSA) is 61.9 Å². The SMILES string of the molecule is Cl.O=C1N[C@@H](CC2CCCCC2)C(=O)N(Cc2ccccc2)C1C1CCN(Cc2ccc(Oc3ccccc3)cc2)CC1. The molecule has 6 nitrogen and oxygen atoms in total. The van der Waals surface area contributed by atoms with Crippen LogP contribution in [0.5, 0.6) is 11.5 Å². The van der Waals surface area contributed by atoms with Crippen molar-refractivity contribution in [2.24, 2.45) is 11.8 Å². The van der Waals surface area contributed by atoms with Crippen molar-refractivity contribution in [3.05, 3.63) is 96.1 Å². The molecule has 2 atom stereocenters. The maximum absolute atomic E-state index is 13.9. The Labute approximate surface area is 262 Å². The van der Waals surface area contributed by atoms with Crippen LogP contribution in [0.3, 0.4) is 0 Å². The lowest BCUT2D eigenvalue weighted by Gasteiger charge is -2.45. The lowest BCUT2D eigenvalue weighted by atomic mass is 9.82. The Morgan fingerprint density at radius 1 is 0.698 bits per heavy atom. The highest BCUT2D eigenvalue weighted by atomic mass is 35.5. The van der Waals surface area contributed by atoms with Crippen LogP contribution >= 0.6 is 12.4 Å². The molecule has 3 aliphatic rings. The van der Waals surface area contributed by atoms with Crippen molar-refractivity contribution in [3.8, 4) is 11.5 Å². The number of piperazine rings is 1. The molecule has 0 spiro atoms. The number of amides is 2. The molecule has 3 aromatic rings. The summed E-state index contributed by atoms with van der Waals surface area (Å²) in [5.41, 5.74) is 2.33. The lowest BCUT2D eigenvalue weighted by Crippen LogP contribution is -2.65. The maximum atomic E-state index is 13.9. The molecule has 3 fully saturated rings. The number of benzene rings is 3. The van der Waals surface area contributed by atoms with Crippen molar-refractivity contribution in [2.75, 3.05) is 13.1 Å². The van der Waals surface area contributed by atoms with Gasteiger partial charge in [-0.25, -0.2) is 0 Å². The zero-order chi connectivity index (χ0) is 28.7. The molecule has 2 saturated heterocycles. The Bertz CT molecular complexity index is 1310. The van der Waals surface area contributed by atoms with Crippen molar-refractivity contribution in [1.29, 1.82) is 0 Å². The fraction of sp³-hybridized carbons (Fsp3) is 0.444.